The lowest BCUT2D eigenvalue weighted by molar-refractivity contribution is 0.226. The molecular formula is C10H19N5. The van der Waals surface area contributed by atoms with Gasteiger partial charge in [-0.3, -0.25) is 4.68 Å². The molecule has 0 spiro atoms. The van der Waals surface area contributed by atoms with Crippen LogP contribution in [0.2, 0.25) is 0 Å². The van der Waals surface area contributed by atoms with E-state index in [1.54, 1.807) is 6.20 Å². The number of rotatable bonds is 4. The van der Waals surface area contributed by atoms with Crippen molar-refractivity contribution in [3.63, 3.8) is 0 Å². The van der Waals surface area contributed by atoms with Gasteiger partial charge in [0.05, 0.1) is 12.7 Å². The van der Waals surface area contributed by atoms with Gasteiger partial charge in [0.25, 0.3) is 0 Å². The van der Waals surface area contributed by atoms with Crippen LogP contribution in [0.25, 0.3) is 0 Å². The smallest absolute Gasteiger partial charge is 0.0692 e. The predicted molar refractivity (Wildman–Crippen MR) is 58.5 cm³/mol. The van der Waals surface area contributed by atoms with E-state index < -0.39 is 0 Å². The fraction of sp³-hybridized carbons (Fsp3) is 0.800. The zero-order chi connectivity index (χ0) is 10.5. The molecule has 0 saturated carbocycles. The molecule has 0 aromatic carbocycles. The molecule has 1 aromatic rings. The molecule has 1 N–H and O–H groups in total. The van der Waals surface area contributed by atoms with E-state index >= 15 is 0 Å². The highest BCUT2D eigenvalue weighted by Crippen LogP contribution is 2.07. The predicted octanol–water partition coefficient (Wildman–Crippen LogP) is -0.0381. The standard InChI is InChI=1S/C10H19N5/c1-14-6-2-3-10(9-14)11-4-7-15-8-5-12-13-15/h5,8,10-11H,2-4,6-7,9H2,1H3. The number of aromatic nitrogens is 3. The molecule has 1 fully saturated rings. The molecule has 1 saturated heterocycles. The van der Waals surface area contributed by atoms with Crippen LogP contribution in [0.5, 0.6) is 0 Å². The van der Waals surface area contributed by atoms with Crippen molar-refractivity contribution in [2.24, 2.45) is 0 Å². The Bertz CT molecular complexity index is 271. The first-order valence-corrected chi connectivity index (χ1v) is 5.60. The van der Waals surface area contributed by atoms with E-state index in [4.69, 9.17) is 0 Å². The number of piperidine rings is 1. The third-order valence-electron chi connectivity index (χ3n) is 2.87. The average Bonchev–Trinajstić information content (AvgIpc) is 2.71. The van der Waals surface area contributed by atoms with E-state index in [-0.39, 0.29) is 0 Å². The summed E-state index contributed by atoms with van der Waals surface area (Å²) in [5.74, 6) is 0. The molecule has 0 aliphatic carbocycles. The number of likely N-dealkylation sites (N-methyl/N-ethyl adjacent to an activating group) is 1. The van der Waals surface area contributed by atoms with Crippen molar-refractivity contribution in [2.45, 2.75) is 25.4 Å². The Morgan fingerprint density at radius 3 is 3.20 bits per heavy atom. The lowest BCUT2D eigenvalue weighted by Crippen LogP contribution is -2.44. The molecule has 0 amide bonds. The second kappa shape index (κ2) is 5.23. The van der Waals surface area contributed by atoms with Gasteiger partial charge in [-0.2, -0.15) is 0 Å². The van der Waals surface area contributed by atoms with Gasteiger partial charge in [0.2, 0.25) is 0 Å². The zero-order valence-electron chi connectivity index (χ0n) is 9.26. The fourth-order valence-electron chi connectivity index (χ4n) is 2.07. The summed E-state index contributed by atoms with van der Waals surface area (Å²) in [5.41, 5.74) is 0. The van der Waals surface area contributed by atoms with Crippen molar-refractivity contribution in [1.82, 2.24) is 25.2 Å². The van der Waals surface area contributed by atoms with Gasteiger partial charge in [-0.25, -0.2) is 0 Å². The zero-order valence-corrected chi connectivity index (χ0v) is 9.26. The Kier molecular flexibility index (Phi) is 3.69. The summed E-state index contributed by atoms with van der Waals surface area (Å²) >= 11 is 0. The Morgan fingerprint density at radius 2 is 2.47 bits per heavy atom. The minimum Gasteiger partial charge on any atom is -0.311 e. The molecule has 2 rings (SSSR count). The molecule has 1 atom stereocenters. The van der Waals surface area contributed by atoms with Crippen LogP contribution in [0.1, 0.15) is 12.8 Å². The molecular weight excluding hydrogens is 190 g/mol. The Morgan fingerprint density at radius 1 is 1.53 bits per heavy atom. The summed E-state index contributed by atoms with van der Waals surface area (Å²) < 4.78 is 1.86. The van der Waals surface area contributed by atoms with Crippen molar-refractivity contribution >= 4 is 0 Å². The molecule has 0 bridgehead atoms. The van der Waals surface area contributed by atoms with Crippen molar-refractivity contribution in [3.05, 3.63) is 12.4 Å². The summed E-state index contributed by atoms with van der Waals surface area (Å²) in [6.45, 7) is 4.28. The minimum absolute atomic E-state index is 0.646. The number of hydrogen-bond donors (Lipinski definition) is 1. The Labute approximate surface area is 90.5 Å². The molecule has 1 aromatic heterocycles. The van der Waals surface area contributed by atoms with Crippen LogP contribution in [0.4, 0.5) is 0 Å². The molecule has 5 heteroatoms. The van der Waals surface area contributed by atoms with E-state index in [1.807, 2.05) is 10.9 Å². The number of hydrogen-bond acceptors (Lipinski definition) is 4. The van der Waals surface area contributed by atoms with Gasteiger partial charge in [-0.05, 0) is 26.4 Å². The van der Waals surface area contributed by atoms with Crippen LogP contribution in [0, 0.1) is 0 Å². The SMILES string of the molecule is CN1CCCC(NCCn2ccnn2)C1. The first-order chi connectivity index (χ1) is 7.34. The second-order valence-electron chi connectivity index (χ2n) is 4.22. The van der Waals surface area contributed by atoms with Gasteiger partial charge in [-0.15, -0.1) is 5.10 Å². The highest BCUT2D eigenvalue weighted by atomic mass is 15.4. The normalized spacial score (nSPS) is 23.1. The number of nitrogens with one attached hydrogen (secondary N) is 1. The molecule has 0 radical (unpaired) electrons. The first kappa shape index (κ1) is 10.6. The summed E-state index contributed by atoms with van der Waals surface area (Å²) in [4.78, 5) is 2.39. The van der Waals surface area contributed by atoms with Crippen LogP contribution < -0.4 is 5.32 Å². The molecule has 1 aliphatic heterocycles. The highest BCUT2D eigenvalue weighted by Gasteiger charge is 2.15. The van der Waals surface area contributed by atoms with Gasteiger partial charge < -0.3 is 10.2 Å². The van der Waals surface area contributed by atoms with Gasteiger partial charge in [-0.1, -0.05) is 5.21 Å². The van der Waals surface area contributed by atoms with Crippen molar-refractivity contribution in [3.8, 4) is 0 Å². The molecule has 84 valence electrons. The van der Waals surface area contributed by atoms with E-state index in [0.29, 0.717) is 6.04 Å². The van der Waals surface area contributed by atoms with E-state index in [9.17, 15) is 0 Å². The maximum absolute atomic E-state index is 3.93. The van der Waals surface area contributed by atoms with E-state index in [1.165, 1.54) is 19.4 Å². The Hall–Kier alpha value is -0.940. The van der Waals surface area contributed by atoms with Gasteiger partial charge in [0.1, 0.15) is 0 Å². The maximum atomic E-state index is 3.93. The van der Waals surface area contributed by atoms with Crippen LogP contribution in [0.15, 0.2) is 12.4 Å². The number of nitrogens with zero attached hydrogens (tertiary/aromatic N) is 4. The summed E-state index contributed by atoms with van der Waals surface area (Å²) in [7, 11) is 2.19. The minimum atomic E-state index is 0.646. The van der Waals surface area contributed by atoms with Crippen LogP contribution in [0.3, 0.4) is 0 Å². The van der Waals surface area contributed by atoms with Crippen molar-refractivity contribution < 1.29 is 0 Å². The quantitative estimate of drug-likeness (QED) is 0.756. The third-order valence-corrected chi connectivity index (χ3v) is 2.87. The van der Waals surface area contributed by atoms with Gasteiger partial charge >= 0.3 is 0 Å². The molecule has 1 unspecified atom stereocenters. The van der Waals surface area contributed by atoms with Crippen molar-refractivity contribution in [2.75, 3.05) is 26.7 Å². The molecule has 5 nitrogen and oxygen atoms in total. The second-order valence-corrected chi connectivity index (χ2v) is 4.22. The Balaban J connectivity index is 1.65. The monoisotopic (exact) mass is 209 g/mol. The number of likely N-dealkylation sites (tertiary alicyclic amines) is 1. The summed E-state index contributed by atoms with van der Waals surface area (Å²) in [5, 5.41) is 11.3. The molecule has 1 aliphatic rings. The maximum Gasteiger partial charge on any atom is 0.0692 e. The summed E-state index contributed by atoms with van der Waals surface area (Å²) in [6, 6.07) is 0.646. The van der Waals surface area contributed by atoms with Crippen LogP contribution in [-0.4, -0.2) is 52.6 Å². The lowest BCUT2D eigenvalue weighted by atomic mass is 10.1. The molecule has 2 heterocycles. The average molecular weight is 209 g/mol. The lowest BCUT2D eigenvalue weighted by Gasteiger charge is -2.30. The fourth-order valence-corrected chi connectivity index (χ4v) is 2.07. The van der Waals surface area contributed by atoms with E-state index in [2.05, 4.69) is 27.6 Å². The van der Waals surface area contributed by atoms with Crippen LogP contribution in [-0.2, 0) is 6.54 Å². The topological polar surface area (TPSA) is 46.0 Å². The van der Waals surface area contributed by atoms with Gasteiger partial charge in [0, 0.05) is 25.3 Å². The van der Waals surface area contributed by atoms with Crippen LogP contribution >= 0.6 is 0 Å². The van der Waals surface area contributed by atoms with Gasteiger partial charge in [0.15, 0.2) is 0 Å². The van der Waals surface area contributed by atoms with Crippen molar-refractivity contribution in [1.29, 1.82) is 0 Å². The third kappa shape index (κ3) is 3.28. The largest absolute Gasteiger partial charge is 0.311 e. The highest BCUT2D eigenvalue weighted by molar-refractivity contribution is 4.76. The first-order valence-electron chi connectivity index (χ1n) is 5.60. The van der Waals surface area contributed by atoms with E-state index in [0.717, 1.165) is 19.6 Å². The molecule has 15 heavy (non-hydrogen) atoms. The summed E-state index contributed by atoms with van der Waals surface area (Å²) in [6.07, 6.45) is 6.21.